The molecule has 0 radical (unpaired) electrons. The van der Waals surface area contributed by atoms with E-state index in [2.05, 4.69) is 4.90 Å². The van der Waals surface area contributed by atoms with Crippen molar-refractivity contribution < 1.29 is 13.9 Å². The summed E-state index contributed by atoms with van der Waals surface area (Å²) in [5.41, 5.74) is 0.0481. The van der Waals surface area contributed by atoms with E-state index in [0.29, 0.717) is 6.54 Å². The zero-order chi connectivity index (χ0) is 11.5. The third kappa shape index (κ3) is 2.39. The van der Waals surface area contributed by atoms with Crippen molar-refractivity contribution >= 4 is 0 Å². The first kappa shape index (κ1) is 11.5. The van der Waals surface area contributed by atoms with E-state index in [-0.39, 0.29) is 5.56 Å². The van der Waals surface area contributed by atoms with Gasteiger partial charge in [-0.15, -0.1) is 0 Å². The van der Waals surface area contributed by atoms with Gasteiger partial charge in [0.1, 0.15) is 0 Å². The number of halogens is 2. The Bertz CT molecular complexity index is 364. The van der Waals surface area contributed by atoms with Crippen LogP contribution in [0.2, 0.25) is 0 Å². The second kappa shape index (κ2) is 4.89. The first-order chi connectivity index (χ1) is 7.68. The third-order valence-corrected chi connectivity index (χ3v) is 2.97. The molecule has 1 unspecified atom stereocenters. The summed E-state index contributed by atoms with van der Waals surface area (Å²) in [6.07, 6.45) is 1.27. The molecule has 0 amide bonds. The molecule has 0 aliphatic carbocycles. The van der Waals surface area contributed by atoms with Gasteiger partial charge < -0.3 is 10.0 Å². The lowest BCUT2D eigenvalue weighted by atomic mass is 10.1. The molecule has 16 heavy (non-hydrogen) atoms. The minimum absolute atomic E-state index is 0.0481. The molecular formula is C12H15F2NO. The maximum absolute atomic E-state index is 13.4. The summed E-state index contributed by atoms with van der Waals surface area (Å²) < 4.78 is 26.3. The lowest BCUT2D eigenvalue weighted by Crippen LogP contribution is -2.26. The minimum Gasteiger partial charge on any atom is -0.387 e. The molecule has 4 heteroatoms. The van der Waals surface area contributed by atoms with Gasteiger partial charge >= 0.3 is 0 Å². The van der Waals surface area contributed by atoms with E-state index < -0.39 is 17.7 Å². The first-order valence-electron chi connectivity index (χ1n) is 5.53. The second-order valence-electron chi connectivity index (χ2n) is 4.17. The second-order valence-corrected chi connectivity index (χ2v) is 4.17. The van der Waals surface area contributed by atoms with Crippen LogP contribution in [0, 0.1) is 11.6 Å². The van der Waals surface area contributed by atoms with Crippen LogP contribution in [0.15, 0.2) is 18.2 Å². The lowest BCUT2D eigenvalue weighted by molar-refractivity contribution is 0.122. The Balaban J connectivity index is 2.07. The summed E-state index contributed by atoms with van der Waals surface area (Å²) in [5.74, 6) is -1.84. The van der Waals surface area contributed by atoms with Crippen LogP contribution >= 0.6 is 0 Å². The van der Waals surface area contributed by atoms with Gasteiger partial charge in [0.25, 0.3) is 0 Å². The van der Waals surface area contributed by atoms with Crippen molar-refractivity contribution in [3.8, 4) is 0 Å². The van der Waals surface area contributed by atoms with Gasteiger partial charge in [-0.05, 0) is 32.0 Å². The summed E-state index contributed by atoms with van der Waals surface area (Å²) >= 11 is 0. The van der Waals surface area contributed by atoms with Crippen LogP contribution in [0.3, 0.4) is 0 Å². The first-order valence-corrected chi connectivity index (χ1v) is 5.53. The molecule has 88 valence electrons. The number of hydrogen-bond donors (Lipinski definition) is 1. The Hall–Kier alpha value is -1.00. The van der Waals surface area contributed by atoms with Crippen molar-refractivity contribution in [1.29, 1.82) is 0 Å². The quantitative estimate of drug-likeness (QED) is 0.854. The Kier molecular flexibility index (Phi) is 3.51. The van der Waals surface area contributed by atoms with E-state index in [1.807, 2.05) is 0 Å². The maximum atomic E-state index is 13.4. The number of β-amino-alcohol motifs (C(OH)–C–C–N with tert-alkyl or cyclic N) is 1. The highest BCUT2D eigenvalue weighted by molar-refractivity contribution is 5.21. The summed E-state index contributed by atoms with van der Waals surface area (Å²) in [5, 5.41) is 9.84. The van der Waals surface area contributed by atoms with Crippen LogP contribution < -0.4 is 0 Å². The van der Waals surface area contributed by atoms with Crippen LogP contribution in [0.25, 0.3) is 0 Å². The van der Waals surface area contributed by atoms with Gasteiger partial charge in [0.2, 0.25) is 0 Å². The minimum atomic E-state index is -0.950. The van der Waals surface area contributed by atoms with Gasteiger partial charge in [-0.3, -0.25) is 0 Å². The molecular weight excluding hydrogens is 212 g/mol. The zero-order valence-electron chi connectivity index (χ0n) is 9.00. The fraction of sp³-hybridized carbons (Fsp3) is 0.500. The SMILES string of the molecule is OC(CN1CCCC1)c1cccc(F)c1F. The Morgan fingerprint density at radius 3 is 2.62 bits per heavy atom. The predicted molar refractivity (Wildman–Crippen MR) is 57.0 cm³/mol. The predicted octanol–water partition coefficient (Wildman–Crippen LogP) is 2.09. The number of benzene rings is 1. The zero-order valence-corrected chi connectivity index (χ0v) is 9.00. The van der Waals surface area contributed by atoms with Crippen LogP contribution in [-0.2, 0) is 0 Å². The number of aliphatic hydroxyl groups is 1. The molecule has 0 spiro atoms. The number of aliphatic hydroxyl groups excluding tert-OH is 1. The standard InChI is InChI=1S/C12H15F2NO/c13-10-5-3-4-9(12(10)14)11(16)8-15-6-1-2-7-15/h3-5,11,16H,1-2,6-8H2. The highest BCUT2D eigenvalue weighted by Gasteiger charge is 2.20. The Labute approximate surface area is 93.5 Å². The van der Waals surface area contributed by atoms with Crippen molar-refractivity contribution in [3.63, 3.8) is 0 Å². The fourth-order valence-electron chi connectivity index (χ4n) is 2.09. The van der Waals surface area contributed by atoms with Crippen LogP contribution in [-0.4, -0.2) is 29.6 Å². The highest BCUT2D eigenvalue weighted by Crippen LogP contribution is 2.21. The Morgan fingerprint density at radius 1 is 1.25 bits per heavy atom. The van der Waals surface area contributed by atoms with E-state index in [4.69, 9.17) is 0 Å². The van der Waals surface area contributed by atoms with E-state index >= 15 is 0 Å². The molecule has 1 heterocycles. The molecule has 0 aromatic heterocycles. The molecule has 0 saturated carbocycles. The van der Waals surface area contributed by atoms with E-state index in [9.17, 15) is 13.9 Å². The van der Waals surface area contributed by atoms with E-state index in [1.165, 1.54) is 12.1 Å². The maximum Gasteiger partial charge on any atom is 0.164 e. The summed E-state index contributed by atoms with van der Waals surface area (Å²) in [6, 6.07) is 3.90. The van der Waals surface area contributed by atoms with E-state index in [0.717, 1.165) is 32.0 Å². The summed E-state index contributed by atoms with van der Waals surface area (Å²) in [4.78, 5) is 2.06. The molecule has 1 aliphatic heterocycles. The van der Waals surface area contributed by atoms with Crippen molar-refractivity contribution in [2.75, 3.05) is 19.6 Å². The number of rotatable bonds is 3. The highest BCUT2D eigenvalue weighted by atomic mass is 19.2. The molecule has 1 aromatic carbocycles. The smallest absolute Gasteiger partial charge is 0.164 e. The molecule has 1 saturated heterocycles. The fourth-order valence-corrected chi connectivity index (χ4v) is 2.09. The summed E-state index contributed by atoms with van der Waals surface area (Å²) in [6.45, 7) is 2.22. The van der Waals surface area contributed by atoms with Crippen molar-refractivity contribution in [2.24, 2.45) is 0 Å². The van der Waals surface area contributed by atoms with Gasteiger partial charge in [0.15, 0.2) is 11.6 Å². The molecule has 2 rings (SSSR count). The normalized spacial score (nSPS) is 18.9. The largest absolute Gasteiger partial charge is 0.387 e. The van der Waals surface area contributed by atoms with Crippen LogP contribution in [0.5, 0.6) is 0 Å². The molecule has 1 atom stereocenters. The van der Waals surface area contributed by atoms with Crippen LogP contribution in [0.1, 0.15) is 24.5 Å². The monoisotopic (exact) mass is 227 g/mol. The molecule has 0 bridgehead atoms. The van der Waals surface area contributed by atoms with E-state index in [1.54, 1.807) is 0 Å². The van der Waals surface area contributed by atoms with Crippen molar-refractivity contribution in [1.82, 2.24) is 4.90 Å². The Morgan fingerprint density at radius 2 is 1.94 bits per heavy atom. The number of nitrogens with zero attached hydrogens (tertiary/aromatic N) is 1. The van der Waals surface area contributed by atoms with Gasteiger partial charge in [-0.1, -0.05) is 12.1 Å². The average Bonchev–Trinajstić information content (AvgIpc) is 2.74. The van der Waals surface area contributed by atoms with Crippen LogP contribution in [0.4, 0.5) is 8.78 Å². The van der Waals surface area contributed by atoms with Crippen molar-refractivity contribution in [2.45, 2.75) is 18.9 Å². The molecule has 1 aromatic rings. The van der Waals surface area contributed by atoms with Gasteiger partial charge in [0, 0.05) is 12.1 Å². The number of hydrogen-bond acceptors (Lipinski definition) is 2. The topological polar surface area (TPSA) is 23.5 Å². The number of likely N-dealkylation sites (tertiary alicyclic amines) is 1. The molecule has 1 aliphatic rings. The lowest BCUT2D eigenvalue weighted by Gasteiger charge is -2.19. The van der Waals surface area contributed by atoms with Crippen molar-refractivity contribution in [3.05, 3.63) is 35.4 Å². The third-order valence-electron chi connectivity index (χ3n) is 2.97. The van der Waals surface area contributed by atoms with Gasteiger partial charge in [-0.25, -0.2) is 8.78 Å². The van der Waals surface area contributed by atoms with Gasteiger partial charge in [0.05, 0.1) is 6.10 Å². The molecule has 1 N–H and O–H groups in total. The molecule has 2 nitrogen and oxygen atoms in total. The average molecular weight is 227 g/mol. The molecule has 1 fully saturated rings. The van der Waals surface area contributed by atoms with Gasteiger partial charge in [-0.2, -0.15) is 0 Å². The summed E-state index contributed by atoms with van der Waals surface area (Å²) in [7, 11) is 0.